The zero-order valence-electron chi connectivity index (χ0n) is 22.8. The molecular weight excluding hydrogens is 528 g/mol. The fraction of sp³-hybridized carbons (Fsp3) is 0.516. The van der Waals surface area contributed by atoms with Gasteiger partial charge < -0.3 is 25.5 Å². The number of phenolic OH excluding ortho intramolecular Hbond substituents is 1. The van der Waals surface area contributed by atoms with E-state index < -0.39 is 5.56 Å². The molecule has 214 valence electrons. The quantitative estimate of drug-likeness (QED) is 0.284. The summed E-state index contributed by atoms with van der Waals surface area (Å²) in [7, 11) is 0. The van der Waals surface area contributed by atoms with Crippen molar-refractivity contribution in [2.75, 3.05) is 19.7 Å². The van der Waals surface area contributed by atoms with E-state index in [1.54, 1.807) is 18.2 Å². The lowest BCUT2D eigenvalue weighted by Crippen LogP contribution is -2.37. The van der Waals surface area contributed by atoms with Crippen molar-refractivity contribution >= 4 is 29.3 Å². The van der Waals surface area contributed by atoms with Gasteiger partial charge in [-0.15, -0.1) is 12.4 Å². The number of carbonyl (C=O) groups excluding carboxylic acids is 1. The number of hydrogen-bond acceptors (Lipinski definition) is 6. The van der Waals surface area contributed by atoms with E-state index in [9.17, 15) is 14.7 Å². The SMILES string of the molecule is Cl.O=C(NC1CCCCCC1)c1cc2c(C3CCCNC3)cc(-c3c(O)cccc3OCC3CC3)nc2[nH]c1=O. The molecule has 1 aromatic carbocycles. The van der Waals surface area contributed by atoms with E-state index in [-0.39, 0.29) is 41.6 Å². The van der Waals surface area contributed by atoms with Crippen LogP contribution in [0.1, 0.15) is 86.0 Å². The highest BCUT2D eigenvalue weighted by atomic mass is 35.5. The number of carbonyl (C=O) groups is 1. The van der Waals surface area contributed by atoms with Crippen LogP contribution in [-0.4, -0.2) is 46.7 Å². The molecule has 3 aliphatic rings. The Kier molecular flexibility index (Phi) is 8.96. The number of rotatable bonds is 7. The lowest BCUT2D eigenvalue weighted by atomic mass is 9.88. The second kappa shape index (κ2) is 12.6. The summed E-state index contributed by atoms with van der Waals surface area (Å²) in [6, 6.07) is 9.09. The summed E-state index contributed by atoms with van der Waals surface area (Å²) < 4.78 is 6.11. The number of aromatic amines is 1. The number of nitrogens with one attached hydrogen (secondary N) is 3. The van der Waals surface area contributed by atoms with E-state index in [0.717, 1.165) is 62.6 Å². The Labute approximate surface area is 240 Å². The number of H-pyrrole nitrogens is 1. The Morgan fingerprint density at radius 2 is 1.85 bits per heavy atom. The highest BCUT2D eigenvalue weighted by Crippen LogP contribution is 2.41. The molecule has 3 heterocycles. The number of piperidine rings is 1. The lowest BCUT2D eigenvalue weighted by Gasteiger charge is -2.25. The molecule has 2 aliphatic carbocycles. The van der Waals surface area contributed by atoms with Crippen molar-refractivity contribution < 1.29 is 14.6 Å². The third kappa shape index (κ3) is 6.28. The number of nitrogens with zero attached hydrogens (tertiary/aromatic N) is 1. The highest BCUT2D eigenvalue weighted by molar-refractivity contribution is 5.98. The molecule has 0 bridgehead atoms. The first kappa shape index (κ1) is 28.4. The summed E-state index contributed by atoms with van der Waals surface area (Å²) in [6.07, 6.45) is 10.8. The van der Waals surface area contributed by atoms with E-state index in [2.05, 4.69) is 15.6 Å². The zero-order valence-corrected chi connectivity index (χ0v) is 23.7. The average Bonchev–Trinajstić information content (AvgIpc) is 3.79. The average molecular weight is 567 g/mol. The Bertz CT molecular complexity index is 1410. The summed E-state index contributed by atoms with van der Waals surface area (Å²) in [5.74, 6) is 1.10. The van der Waals surface area contributed by atoms with Gasteiger partial charge in [0.2, 0.25) is 0 Å². The molecule has 9 heteroatoms. The van der Waals surface area contributed by atoms with E-state index in [1.807, 2.05) is 12.1 Å². The van der Waals surface area contributed by atoms with Gasteiger partial charge >= 0.3 is 0 Å². The topological polar surface area (TPSA) is 116 Å². The van der Waals surface area contributed by atoms with Crippen LogP contribution < -0.4 is 20.9 Å². The molecular formula is C31H39ClN4O4. The molecule has 2 saturated carbocycles. The molecule has 1 amide bonds. The third-order valence-corrected chi connectivity index (χ3v) is 8.46. The Hall–Kier alpha value is -3.10. The number of amides is 1. The van der Waals surface area contributed by atoms with Crippen molar-refractivity contribution in [1.29, 1.82) is 0 Å². The van der Waals surface area contributed by atoms with Crippen LogP contribution >= 0.6 is 12.4 Å². The molecule has 0 spiro atoms. The first-order valence-electron chi connectivity index (χ1n) is 14.6. The predicted molar refractivity (Wildman–Crippen MR) is 159 cm³/mol. The summed E-state index contributed by atoms with van der Waals surface area (Å²) in [5, 5.41) is 18.3. The van der Waals surface area contributed by atoms with Crippen molar-refractivity contribution in [2.24, 2.45) is 5.92 Å². The number of halogens is 1. The van der Waals surface area contributed by atoms with Gasteiger partial charge in [-0.05, 0) is 86.7 Å². The number of aromatic hydroxyl groups is 1. The second-order valence-electron chi connectivity index (χ2n) is 11.5. The van der Waals surface area contributed by atoms with Crippen molar-refractivity contribution in [3.63, 3.8) is 0 Å². The van der Waals surface area contributed by atoms with Crippen molar-refractivity contribution in [1.82, 2.24) is 20.6 Å². The van der Waals surface area contributed by atoms with Gasteiger partial charge in [-0.1, -0.05) is 31.7 Å². The molecule has 1 aliphatic heterocycles. The van der Waals surface area contributed by atoms with Crippen LogP contribution in [0.4, 0.5) is 0 Å². The van der Waals surface area contributed by atoms with Crippen LogP contribution in [0.2, 0.25) is 0 Å². The van der Waals surface area contributed by atoms with Gasteiger partial charge in [0.05, 0.1) is 17.9 Å². The smallest absolute Gasteiger partial charge is 0.262 e. The monoisotopic (exact) mass is 566 g/mol. The van der Waals surface area contributed by atoms with Crippen molar-refractivity contribution in [3.05, 3.63) is 51.8 Å². The van der Waals surface area contributed by atoms with Crippen LogP contribution in [-0.2, 0) is 0 Å². The van der Waals surface area contributed by atoms with Crippen molar-refractivity contribution in [3.8, 4) is 22.8 Å². The minimum Gasteiger partial charge on any atom is -0.507 e. The van der Waals surface area contributed by atoms with Gasteiger partial charge in [0, 0.05) is 18.0 Å². The normalized spacial score (nSPS) is 19.9. The van der Waals surface area contributed by atoms with Gasteiger partial charge in [0.15, 0.2) is 0 Å². The molecule has 1 unspecified atom stereocenters. The number of benzene rings is 1. The number of hydrogen-bond donors (Lipinski definition) is 4. The van der Waals surface area contributed by atoms with Crippen molar-refractivity contribution in [2.45, 2.75) is 76.2 Å². The molecule has 0 radical (unpaired) electrons. The van der Waals surface area contributed by atoms with Crippen LogP contribution in [0.25, 0.3) is 22.3 Å². The van der Waals surface area contributed by atoms with E-state index in [0.29, 0.717) is 35.2 Å². The minimum atomic E-state index is -0.450. The molecule has 1 saturated heterocycles. The highest BCUT2D eigenvalue weighted by Gasteiger charge is 2.26. The molecule has 4 N–H and O–H groups in total. The van der Waals surface area contributed by atoms with Crippen LogP contribution in [0, 0.1) is 5.92 Å². The number of aromatic nitrogens is 2. The molecule has 2 aromatic heterocycles. The molecule has 3 fully saturated rings. The number of fused-ring (bicyclic) bond motifs is 1. The maximum Gasteiger partial charge on any atom is 0.262 e. The summed E-state index contributed by atoms with van der Waals surface area (Å²) in [4.78, 5) is 34.2. The van der Waals surface area contributed by atoms with Crippen LogP contribution in [0.15, 0.2) is 35.1 Å². The molecule has 6 rings (SSSR count). The molecule has 40 heavy (non-hydrogen) atoms. The van der Waals surface area contributed by atoms with E-state index in [1.165, 1.54) is 25.7 Å². The largest absolute Gasteiger partial charge is 0.507 e. The fourth-order valence-electron chi connectivity index (χ4n) is 6.03. The lowest BCUT2D eigenvalue weighted by molar-refractivity contribution is 0.0932. The van der Waals surface area contributed by atoms with Gasteiger partial charge in [0.25, 0.3) is 11.5 Å². The van der Waals surface area contributed by atoms with Gasteiger partial charge in [-0.3, -0.25) is 9.59 Å². The maximum atomic E-state index is 13.3. The first-order chi connectivity index (χ1) is 19.1. The predicted octanol–water partition coefficient (Wildman–Crippen LogP) is 5.43. The molecule has 3 aromatic rings. The third-order valence-electron chi connectivity index (χ3n) is 8.46. The molecule has 1 atom stereocenters. The van der Waals surface area contributed by atoms with Gasteiger partial charge in [-0.2, -0.15) is 0 Å². The summed E-state index contributed by atoms with van der Waals surface area (Å²) in [5.41, 5.74) is 2.19. The number of phenols is 1. The van der Waals surface area contributed by atoms with E-state index >= 15 is 0 Å². The van der Waals surface area contributed by atoms with Crippen LogP contribution in [0.3, 0.4) is 0 Å². The minimum absolute atomic E-state index is 0. The Balaban J connectivity index is 0.00000323. The number of ether oxygens (including phenoxy) is 1. The van der Waals surface area contributed by atoms with E-state index in [4.69, 9.17) is 9.72 Å². The zero-order chi connectivity index (χ0) is 26.8. The number of pyridine rings is 2. The summed E-state index contributed by atoms with van der Waals surface area (Å²) in [6.45, 7) is 2.38. The van der Waals surface area contributed by atoms with Gasteiger partial charge in [0.1, 0.15) is 22.7 Å². The Morgan fingerprint density at radius 3 is 2.58 bits per heavy atom. The Morgan fingerprint density at radius 1 is 1.05 bits per heavy atom. The second-order valence-corrected chi connectivity index (χ2v) is 11.5. The van der Waals surface area contributed by atoms with Gasteiger partial charge in [-0.25, -0.2) is 4.98 Å². The standard InChI is InChI=1S/C31H38N4O4.ClH/c36-26-10-5-11-27(39-18-19-12-13-19)28(26)25-16-22(20-7-6-14-32-17-20)23-15-24(31(38)35-29(23)34-25)30(37)33-21-8-3-1-2-4-9-21;/h5,10-11,15-16,19-21,32,36H,1-4,6-9,12-14,17-18H2,(H,33,37)(H,34,35,38);1H. The molecule has 8 nitrogen and oxygen atoms in total. The van der Waals surface area contributed by atoms with Crippen LogP contribution in [0.5, 0.6) is 11.5 Å². The fourth-order valence-corrected chi connectivity index (χ4v) is 6.03. The maximum absolute atomic E-state index is 13.3. The first-order valence-corrected chi connectivity index (χ1v) is 14.6. The summed E-state index contributed by atoms with van der Waals surface area (Å²) >= 11 is 0.